The first-order valence-corrected chi connectivity index (χ1v) is 8.19. The lowest BCUT2D eigenvalue weighted by atomic mass is 9.97. The number of carbonyl (C=O) groups is 1. The molecular formula is C17H15F2N5O2. The fourth-order valence-electron chi connectivity index (χ4n) is 3.06. The number of pyridine rings is 1. The van der Waals surface area contributed by atoms with Crippen LogP contribution in [0, 0.1) is 11.8 Å². The van der Waals surface area contributed by atoms with Crippen LogP contribution in [-0.2, 0) is 0 Å². The number of piperidine rings is 1. The molecule has 3 aromatic heterocycles. The summed E-state index contributed by atoms with van der Waals surface area (Å²) in [5.74, 6) is -0.657. The normalized spacial score (nSPS) is 17.5. The highest BCUT2D eigenvalue weighted by molar-refractivity contribution is 5.94. The number of aromatic nitrogens is 4. The predicted molar refractivity (Wildman–Crippen MR) is 86.1 cm³/mol. The van der Waals surface area contributed by atoms with E-state index in [0.29, 0.717) is 30.2 Å². The third-order valence-corrected chi connectivity index (χ3v) is 4.37. The molecule has 1 fully saturated rings. The van der Waals surface area contributed by atoms with Gasteiger partial charge in [-0.2, -0.15) is 9.37 Å². The Morgan fingerprint density at radius 2 is 2.23 bits per heavy atom. The fourth-order valence-corrected chi connectivity index (χ4v) is 3.06. The molecule has 4 rings (SSSR count). The lowest BCUT2D eigenvalue weighted by Crippen LogP contribution is -2.39. The monoisotopic (exact) mass is 359 g/mol. The molecule has 0 spiro atoms. The third kappa shape index (κ3) is 3.19. The Kier molecular flexibility index (Phi) is 4.19. The number of nitrogens with one attached hydrogen (secondary N) is 1. The number of amides is 1. The van der Waals surface area contributed by atoms with E-state index in [9.17, 15) is 13.6 Å². The molecule has 4 heterocycles. The Bertz CT molecular complexity index is 921. The molecule has 9 heteroatoms. The molecule has 1 aliphatic heterocycles. The third-order valence-electron chi connectivity index (χ3n) is 4.37. The SMILES string of the molecule is O=C(c1ccc(F)nc1)N1CCC[C@H](c2noc(-c3cc(F)c[nH]3)n2)C1. The van der Waals surface area contributed by atoms with Crippen LogP contribution >= 0.6 is 0 Å². The largest absolute Gasteiger partial charge is 0.355 e. The van der Waals surface area contributed by atoms with E-state index in [1.54, 1.807) is 4.90 Å². The van der Waals surface area contributed by atoms with Crippen LogP contribution < -0.4 is 0 Å². The van der Waals surface area contributed by atoms with Crippen LogP contribution in [0.3, 0.4) is 0 Å². The van der Waals surface area contributed by atoms with Crippen molar-refractivity contribution in [2.45, 2.75) is 18.8 Å². The Morgan fingerprint density at radius 3 is 2.96 bits per heavy atom. The molecule has 3 aromatic rings. The van der Waals surface area contributed by atoms with Gasteiger partial charge in [0.15, 0.2) is 5.82 Å². The summed E-state index contributed by atoms with van der Waals surface area (Å²) in [6.07, 6.45) is 4.03. The summed E-state index contributed by atoms with van der Waals surface area (Å²) >= 11 is 0. The molecule has 0 bridgehead atoms. The second-order valence-corrected chi connectivity index (χ2v) is 6.15. The molecule has 1 atom stereocenters. The smallest absolute Gasteiger partial charge is 0.274 e. The maximum Gasteiger partial charge on any atom is 0.274 e. The number of aromatic amines is 1. The number of carbonyl (C=O) groups excluding carboxylic acids is 1. The van der Waals surface area contributed by atoms with Crippen LogP contribution in [0.2, 0.25) is 0 Å². The van der Waals surface area contributed by atoms with Gasteiger partial charge in [0.1, 0.15) is 11.5 Å². The maximum atomic E-state index is 13.1. The van der Waals surface area contributed by atoms with Crippen molar-refractivity contribution in [2.75, 3.05) is 13.1 Å². The summed E-state index contributed by atoms with van der Waals surface area (Å²) in [6, 6.07) is 3.85. The summed E-state index contributed by atoms with van der Waals surface area (Å²) < 4.78 is 31.2. The van der Waals surface area contributed by atoms with Gasteiger partial charge >= 0.3 is 0 Å². The summed E-state index contributed by atoms with van der Waals surface area (Å²) in [5, 5.41) is 3.98. The zero-order chi connectivity index (χ0) is 18.1. The van der Waals surface area contributed by atoms with Crippen molar-refractivity contribution in [3.8, 4) is 11.6 Å². The quantitative estimate of drug-likeness (QED) is 0.727. The first-order chi connectivity index (χ1) is 12.6. The fraction of sp³-hybridized carbons (Fsp3) is 0.294. The van der Waals surface area contributed by atoms with Crippen molar-refractivity contribution in [1.82, 2.24) is 25.0 Å². The van der Waals surface area contributed by atoms with E-state index < -0.39 is 11.8 Å². The van der Waals surface area contributed by atoms with Gasteiger partial charge in [0.25, 0.3) is 11.8 Å². The molecule has 1 saturated heterocycles. The van der Waals surface area contributed by atoms with Gasteiger partial charge in [-0.15, -0.1) is 0 Å². The van der Waals surface area contributed by atoms with E-state index in [0.717, 1.165) is 18.9 Å². The number of hydrogen-bond donors (Lipinski definition) is 1. The van der Waals surface area contributed by atoms with Crippen LogP contribution in [0.1, 0.15) is 34.9 Å². The summed E-state index contributed by atoms with van der Waals surface area (Å²) in [5.41, 5.74) is 0.741. The molecule has 0 saturated carbocycles. The van der Waals surface area contributed by atoms with E-state index in [2.05, 4.69) is 20.1 Å². The van der Waals surface area contributed by atoms with E-state index in [-0.39, 0.29) is 17.7 Å². The Hall–Kier alpha value is -3.10. The van der Waals surface area contributed by atoms with Crippen molar-refractivity contribution in [3.05, 3.63) is 53.7 Å². The average molecular weight is 359 g/mol. The summed E-state index contributed by atoms with van der Waals surface area (Å²) in [7, 11) is 0. The number of likely N-dealkylation sites (tertiary alicyclic amines) is 1. The van der Waals surface area contributed by atoms with Gasteiger partial charge in [0, 0.05) is 37.5 Å². The molecule has 7 nitrogen and oxygen atoms in total. The van der Waals surface area contributed by atoms with Crippen LogP contribution in [0.4, 0.5) is 8.78 Å². The highest BCUT2D eigenvalue weighted by atomic mass is 19.1. The molecule has 26 heavy (non-hydrogen) atoms. The van der Waals surface area contributed by atoms with Gasteiger partial charge in [-0.05, 0) is 25.0 Å². The molecule has 1 N–H and O–H groups in total. The number of halogens is 2. The standard InChI is InChI=1S/C17H15F2N5O2/c18-12-6-13(20-8-12)16-22-15(23-26-16)11-2-1-5-24(9-11)17(25)10-3-4-14(19)21-7-10/h3-4,6-8,11,20H,1-2,5,9H2/t11-/m0/s1. The highest BCUT2D eigenvalue weighted by Gasteiger charge is 2.29. The first-order valence-electron chi connectivity index (χ1n) is 8.19. The Labute approximate surface area is 147 Å². The molecule has 0 radical (unpaired) electrons. The van der Waals surface area contributed by atoms with Gasteiger partial charge in [-0.1, -0.05) is 5.16 Å². The summed E-state index contributed by atoms with van der Waals surface area (Å²) in [6.45, 7) is 1.02. The van der Waals surface area contributed by atoms with Crippen molar-refractivity contribution in [3.63, 3.8) is 0 Å². The van der Waals surface area contributed by atoms with Gasteiger partial charge in [-0.25, -0.2) is 9.37 Å². The second kappa shape index (κ2) is 6.66. The molecule has 1 amide bonds. The zero-order valence-corrected chi connectivity index (χ0v) is 13.7. The molecule has 1 aliphatic rings. The van der Waals surface area contributed by atoms with E-state index in [1.165, 1.54) is 24.5 Å². The molecule has 0 aliphatic carbocycles. The van der Waals surface area contributed by atoms with Crippen LogP contribution in [0.25, 0.3) is 11.6 Å². The molecular weight excluding hydrogens is 344 g/mol. The van der Waals surface area contributed by atoms with Crippen LogP contribution in [-0.4, -0.2) is 44.0 Å². The lowest BCUT2D eigenvalue weighted by molar-refractivity contribution is 0.0703. The Morgan fingerprint density at radius 1 is 1.35 bits per heavy atom. The molecule has 0 aromatic carbocycles. The van der Waals surface area contributed by atoms with E-state index >= 15 is 0 Å². The molecule has 134 valence electrons. The van der Waals surface area contributed by atoms with Gasteiger partial charge < -0.3 is 14.4 Å². The minimum Gasteiger partial charge on any atom is -0.355 e. The second-order valence-electron chi connectivity index (χ2n) is 6.15. The van der Waals surface area contributed by atoms with Crippen LogP contribution in [0.15, 0.2) is 35.1 Å². The van der Waals surface area contributed by atoms with Crippen LogP contribution in [0.5, 0.6) is 0 Å². The minimum atomic E-state index is -0.627. The lowest BCUT2D eigenvalue weighted by Gasteiger charge is -2.31. The van der Waals surface area contributed by atoms with E-state index in [1.807, 2.05) is 0 Å². The first kappa shape index (κ1) is 16.4. The predicted octanol–water partition coefficient (Wildman–Crippen LogP) is 2.76. The summed E-state index contributed by atoms with van der Waals surface area (Å²) in [4.78, 5) is 24.8. The minimum absolute atomic E-state index is 0.0848. The van der Waals surface area contributed by atoms with Crippen molar-refractivity contribution < 1.29 is 18.1 Å². The number of rotatable bonds is 3. The van der Waals surface area contributed by atoms with Gasteiger partial charge in [-0.3, -0.25) is 4.79 Å². The van der Waals surface area contributed by atoms with Gasteiger partial charge in [0.2, 0.25) is 5.95 Å². The maximum absolute atomic E-state index is 13.1. The van der Waals surface area contributed by atoms with Crippen molar-refractivity contribution >= 4 is 5.91 Å². The number of hydrogen-bond acceptors (Lipinski definition) is 5. The number of nitrogens with zero attached hydrogens (tertiary/aromatic N) is 4. The zero-order valence-electron chi connectivity index (χ0n) is 13.7. The number of H-pyrrole nitrogens is 1. The van der Waals surface area contributed by atoms with E-state index in [4.69, 9.17) is 4.52 Å². The average Bonchev–Trinajstić information content (AvgIpc) is 3.31. The van der Waals surface area contributed by atoms with Crippen molar-refractivity contribution in [2.24, 2.45) is 0 Å². The Balaban J connectivity index is 1.49. The van der Waals surface area contributed by atoms with Gasteiger partial charge in [0.05, 0.1) is 5.56 Å². The topological polar surface area (TPSA) is 87.9 Å². The molecule has 0 unspecified atom stereocenters. The highest BCUT2D eigenvalue weighted by Crippen LogP contribution is 2.27. The van der Waals surface area contributed by atoms with Crippen molar-refractivity contribution in [1.29, 1.82) is 0 Å².